The summed E-state index contributed by atoms with van der Waals surface area (Å²) in [6, 6.07) is 31.3. The van der Waals surface area contributed by atoms with Crippen molar-refractivity contribution in [3.05, 3.63) is 103 Å². The lowest BCUT2D eigenvalue weighted by Gasteiger charge is -2.13. The van der Waals surface area contributed by atoms with Crippen LogP contribution >= 0.6 is 11.8 Å². The van der Waals surface area contributed by atoms with Crippen LogP contribution in [0.1, 0.15) is 6.92 Å². The molecular weight excluding hydrogens is 484 g/mol. The monoisotopic (exact) mass is 508 g/mol. The molecule has 0 aliphatic carbocycles. The summed E-state index contributed by atoms with van der Waals surface area (Å²) in [5.74, 6) is 0.433. The number of hydrogen-bond acceptors (Lipinski definition) is 5. The zero-order valence-corrected chi connectivity index (χ0v) is 20.8. The van der Waals surface area contributed by atoms with Crippen molar-refractivity contribution in [2.75, 3.05) is 16.0 Å². The molecule has 3 N–H and O–H groups in total. The van der Waals surface area contributed by atoms with E-state index >= 15 is 0 Å². The van der Waals surface area contributed by atoms with Crippen molar-refractivity contribution in [3.63, 3.8) is 0 Å². The van der Waals surface area contributed by atoms with Gasteiger partial charge in [0.2, 0.25) is 11.8 Å². The Morgan fingerprint density at radius 1 is 0.730 bits per heavy atom. The lowest BCUT2D eigenvalue weighted by Crippen LogP contribution is -2.22. The minimum atomic E-state index is -0.322. The third kappa shape index (κ3) is 6.17. The zero-order valence-electron chi connectivity index (χ0n) is 20.0. The second-order valence-corrected chi connectivity index (χ2v) is 9.70. The first-order chi connectivity index (χ1) is 18.0. The highest BCUT2D eigenvalue weighted by Gasteiger charge is 2.15. The second-order valence-electron chi connectivity index (χ2n) is 8.28. The van der Waals surface area contributed by atoms with Crippen LogP contribution in [0.2, 0.25) is 0 Å². The van der Waals surface area contributed by atoms with Gasteiger partial charge >= 0.3 is 6.03 Å². The van der Waals surface area contributed by atoms with Gasteiger partial charge in [0.25, 0.3) is 0 Å². The summed E-state index contributed by atoms with van der Waals surface area (Å²) < 4.78 is 5.81. The van der Waals surface area contributed by atoms with Gasteiger partial charge in [-0.05, 0) is 79.7 Å². The van der Waals surface area contributed by atoms with Crippen LogP contribution < -0.4 is 16.0 Å². The maximum atomic E-state index is 12.7. The Kier molecular flexibility index (Phi) is 7.19. The van der Waals surface area contributed by atoms with E-state index in [4.69, 9.17) is 4.42 Å². The summed E-state index contributed by atoms with van der Waals surface area (Å²) in [5.41, 5.74) is 4.45. The van der Waals surface area contributed by atoms with E-state index < -0.39 is 0 Å². The predicted molar refractivity (Wildman–Crippen MR) is 149 cm³/mol. The highest BCUT2D eigenvalue weighted by atomic mass is 32.2. The Morgan fingerprint density at radius 2 is 1.32 bits per heavy atom. The fraction of sp³-hybridized carbons (Fsp3) is 0.0690. The average molecular weight is 509 g/mol. The van der Waals surface area contributed by atoms with Crippen LogP contribution in [0.15, 0.2) is 112 Å². The molecule has 1 heterocycles. The number of hydrogen-bond donors (Lipinski definition) is 3. The molecule has 4 aromatic carbocycles. The Morgan fingerprint density at radius 3 is 2.03 bits per heavy atom. The quantitative estimate of drug-likeness (QED) is 0.201. The summed E-state index contributed by atoms with van der Waals surface area (Å²) in [6.45, 7) is 1.85. The van der Waals surface area contributed by atoms with E-state index in [0.29, 0.717) is 23.0 Å². The third-order valence-electron chi connectivity index (χ3n) is 5.52. The van der Waals surface area contributed by atoms with E-state index in [1.165, 1.54) is 11.8 Å². The molecule has 3 amide bonds. The van der Waals surface area contributed by atoms with Crippen molar-refractivity contribution in [1.29, 1.82) is 0 Å². The maximum absolute atomic E-state index is 12.7. The molecule has 0 bridgehead atoms. The number of benzene rings is 4. The molecule has 1 unspecified atom stereocenters. The number of carbonyl (C=O) groups is 2. The van der Waals surface area contributed by atoms with Gasteiger partial charge in [-0.25, -0.2) is 9.78 Å². The van der Waals surface area contributed by atoms with Gasteiger partial charge in [-0.15, -0.1) is 11.8 Å². The van der Waals surface area contributed by atoms with E-state index in [1.54, 1.807) is 0 Å². The van der Waals surface area contributed by atoms with Crippen LogP contribution in [0.25, 0.3) is 22.6 Å². The second kappa shape index (κ2) is 11.0. The minimum absolute atomic E-state index is 0.107. The number of carbonyl (C=O) groups excluding carboxylic acids is 2. The molecule has 0 spiro atoms. The molecule has 1 atom stereocenters. The number of fused-ring (bicyclic) bond motifs is 1. The molecule has 37 heavy (non-hydrogen) atoms. The first-order valence-corrected chi connectivity index (χ1v) is 12.6. The van der Waals surface area contributed by atoms with Gasteiger partial charge in [0.05, 0.1) is 5.25 Å². The SMILES string of the molecule is CC(Sc1ccc(NC(=O)Nc2ccccc2)cc1)C(=O)Nc1ccc(-c2nc3ccccc3o2)cc1. The highest BCUT2D eigenvalue weighted by Crippen LogP contribution is 2.27. The topological polar surface area (TPSA) is 96.3 Å². The van der Waals surface area contributed by atoms with E-state index in [1.807, 2.05) is 110 Å². The van der Waals surface area contributed by atoms with E-state index in [-0.39, 0.29) is 17.2 Å². The number of aromatic nitrogens is 1. The van der Waals surface area contributed by atoms with Gasteiger partial charge in [0.1, 0.15) is 5.52 Å². The first-order valence-electron chi connectivity index (χ1n) is 11.7. The number of nitrogens with zero attached hydrogens (tertiary/aromatic N) is 1. The lowest BCUT2D eigenvalue weighted by atomic mass is 10.2. The molecular formula is C29H24N4O3S. The molecule has 0 aliphatic heterocycles. The summed E-state index contributed by atoms with van der Waals surface area (Å²) >= 11 is 1.44. The molecule has 1 aromatic heterocycles. The molecule has 0 fully saturated rings. The largest absolute Gasteiger partial charge is 0.436 e. The van der Waals surface area contributed by atoms with E-state index in [9.17, 15) is 9.59 Å². The van der Waals surface area contributed by atoms with Gasteiger partial charge in [0, 0.05) is 27.5 Å². The molecule has 8 heteroatoms. The summed E-state index contributed by atoms with van der Waals surface area (Å²) in [7, 11) is 0. The molecule has 0 saturated heterocycles. The highest BCUT2D eigenvalue weighted by molar-refractivity contribution is 8.00. The zero-order chi connectivity index (χ0) is 25.6. The van der Waals surface area contributed by atoms with Crippen LogP contribution in [0.3, 0.4) is 0 Å². The van der Waals surface area contributed by atoms with Gasteiger partial charge < -0.3 is 20.4 Å². The summed E-state index contributed by atoms with van der Waals surface area (Å²) in [6.07, 6.45) is 0. The number of urea groups is 1. The number of amides is 3. The van der Waals surface area contributed by atoms with Crippen LogP contribution in [-0.4, -0.2) is 22.2 Å². The molecule has 0 radical (unpaired) electrons. The molecule has 184 valence electrons. The molecule has 7 nitrogen and oxygen atoms in total. The Balaban J connectivity index is 1.13. The van der Waals surface area contributed by atoms with Crippen LogP contribution in [0.4, 0.5) is 21.9 Å². The van der Waals surface area contributed by atoms with Crippen LogP contribution in [-0.2, 0) is 4.79 Å². The molecule has 5 aromatic rings. The average Bonchev–Trinajstić information content (AvgIpc) is 3.35. The van der Waals surface area contributed by atoms with Crippen molar-refractivity contribution in [1.82, 2.24) is 4.98 Å². The standard InChI is InChI=1S/C29H24N4O3S/c1-19(37-24-17-15-23(16-18-24)32-29(35)31-21-7-3-2-4-8-21)27(34)30-22-13-11-20(12-14-22)28-33-25-9-5-6-10-26(25)36-28/h2-19H,1H3,(H,30,34)(H2,31,32,35). The number of thioether (sulfide) groups is 1. The third-order valence-corrected chi connectivity index (χ3v) is 6.63. The lowest BCUT2D eigenvalue weighted by molar-refractivity contribution is -0.115. The number of para-hydroxylation sites is 3. The predicted octanol–water partition coefficient (Wildman–Crippen LogP) is 7.26. The number of anilines is 3. The molecule has 0 saturated carbocycles. The maximum Gasteiger partial charge on any atom is 0.323 e. The van der Waals surface area contributed by atoms with E-state index in [0.717, 1.165) is 21.6 Å². The number of rotatable bonds is 7. The van der Waals surface area contributed by atoms with Gasteiger partial charge in [-0.1, -0.05) is 30.3 Å². The smallest absolute Gasteiger partial charge is 0.323 e. The fourth-order valence-electron chi connectivity index (χ4n) is 3.63. The van der Waals surface area contributed by atoms with Crippen LogP contribution in [0, 0.1) is 0 Å². The van der Waals surface area contributed by atoms with Crippen LogP contribution in [0.5, 0.6) is 0 Å². The minimum Gasteiger partial charge on any atom is -0.436 e. The number of oxazole rings is 1. The number of nitrogens with one attached hydrogen (secondary N) is 3. The van der Waals surface area contributed by atoms with Crippen molar-refractivity contribution < 1.29 is 14.0 Å². The summed E-state index contributed by atoms with van der Waals surface area (Å²) in [5, 5.41) is 8.21. The first kappa shape index (κ1) is 24.1. The van der Waals surface area contributed by atoms with Crippen molar-refractivity contribution >= 4 is 51.9 Å². The Hall–Kier alpha value is -4.56. The normalized spacial score (nSPS) is 11.6. The molecule has 5 rings (SSSR count). The van der Waals surface area contributed by atoms with Crippen molar-refractivity contribution in [2.24, 2.45) is 0 Å². The summed E-state index contributed by atoms with van der Waals surface area (Å²) in [4.78, 5) is 30.3. The van der Waals surface area contributed by atoms with E-state index in [2.05, 4.69) is 20.9 Å². The Labute approximate surface area is 218 Å². The fourth-order valence-corrected chi connectivity index (χ4v) is 4.49. The van der Waals surface area contributed by atoms with Crippen molar-refractivity contribution in [2.45, 2.75) is 17.1 Å². The van der Waals surface area contributed by atoms with Gasteiger partial charge in [0.15, 0.2) is 5.58 Å². The Bertz CT molecular complexity index is 1480. The van der Waals surface area contributed by atoms with Gasteiger partial charge in [-0.2, -0.15) is 0 Å². The van der Waals surface area contributed by atoms with Gasteiger partial charge in [-0.3, -0.25) is 4.79 Å². The molecule has 0 aliphatic rings. The van der Waals surface area contributed by atoms with Crippen molar-refractivity contribution in [3.8, 4) is 11.5 Å².